The van der Waals surface area contributed by atoms with Crippen LogP contribution in [0, 0.1) is 21.4 Å². The molecule has 0 saturated carbocycles. The number of ether oxygens (including phenoxy) is 3. The zero-order valence-electron chi connectivity index (χ0n) is 17.5. The maximum absolute atomic E-state index is 12.1. The number of nitro benzene ring substituents is 1. The van der Waals surface area contributed by atoms with E-state index < -0.39 is 23.4 Å². The summed E-state index contributed by atoms with van der Waals surface area (Å²) in [6.07, 6.45) is 2.14. The van der Waals surface area contributed by atoms with Crippen molar-refractivity contribution in [3.8, 4) is 23.3 Å². The van der Waals surface area contributed by atoms with Crippen molar-refractivity contribution in [1.82, 2.24) is 5.32 Å². The first-order valence-corrected chi connectivity index (χ1v) is 9.53. The fraction of sp³-hybridized carbons (Fsp3) is 0.227. The highest BCUT2D eigenvalue weighted by Gasteiger charge is 2.14. The molecule has 10 nitrogen and oxygen atoms in total. The molecule has 2 aromatic rings. The molecule has 0 aliphatic rings. The lowest BCUT2D eigenvalue weighted by atomic mass is 10.1. The number of rotatable bonds is 10. The molecule has 2 aromatic carbocycles. The lowest BCUT2D eigenvalue weighted by molar-refractivity contribution is -0.384. The van der Waals surface area contributed by atoms with Crippen LogP contribution >= 0.6 is 0 Å². The van der Waals surface area contributed by atoms with Crippen LogP contribution in [0.2, 0.25) is 0 Å². The number of nitro groups is 1. The smallest absolute Gasteiger partial charge is 0.349 e. The van der Waals surface area contributed by atoms with E-state index in [9.17, 15) is 25.0 Å². The van der Waals surface area contributed by atoms with Crippen LogP contribution in [0.5, 0.6) is 17.2 Å². The molecule has 1 amide bonds. The average Bonchev–Trinajstić information content (AvgIpc) is 2.80. The predicted molar refractivity (Wildman–Crippen MR) is 114 cm³/mol. The Balaban J connectivity index is 2.04. The maximum Gasteiger partial charge on any atom is 0.349 e. The van der Waals surface area contributed by atoms with Gasteiger partial charge in [-0.1, -0.05) is 13.0 Å². The van der Waals surface area contributed by atoms with Crippen molar-refractivity contribution in [3.63, 3.8) is 0 Å². The quantitative estimate of drug-likeness (QED) is 0.149. The van der Waals surface area contributed by atoms with Gasteiger partial charge < -0.3 is 19.5 Å². The molecule has 0 bridgehead atoms. The molecule has 0 spiro atoms. The maximum atomic E-state index is 12.1. The number of non-ortho nitro benzene ring substituents is 1. The number of carbonyl (C=O) groups is 2. The summed E-state index contributed by atoms with van der Waals surface area (Å²) in [5.74, 6) is -0.594. The zero-order chi connectivity index (χ0) is 23.5. The number of hydrogen-bond donors (Lipinski definition) is 1. The summed E-state index contributed by atoms with van der Waals surface area (Å²) in [5.41, 5.74) is 0.343. The minimum absolute atomic E-state index is 0.0678. The second kappa shape index (κ2) is 11.7. The third kappa shape index (κ3) is 6.84. The Bertz CT molecular complexity index is 1060. The van der Waals surface area contributed by atoms with Crippen LogP contribution in [0.4, 0.5) is 5.69 Å². The Hall–Kier alpha value is -4.39. The monoisotopic (exact) mass is 439 g/mol. The summed E-state index contributed by atoms with van der Waals surface area (Å²) in [5, 5.41) is 22.5. The third-order valence-electron chi connectivity index (χ3n) is 4.03. The number of benzene rings is 2. The van der Waals surface area contributed by atoms with Gasteiger partial charge in [0.2, 0.25) is 0 Å². The standard InChI is InChI=1S/C22H21N3O7/c1-3-10-24-22(27)16(13-23)11-15-4-9-19(20(12-15)30-2)32-21(26)14-31-18-7-5-17(6-8-18)25(28)29/h4-9,11-12H,3,10,14H2,1-2H3,(H,24,27)/b16-11+. The molecular weight excluding hydrogens is 418 g/mol. The lowest BCUT2D eigenvalue weighted by Gasteiger charge is -2.11. The Morgan fingerprint density at radius 3 is 2.50 bits per heavy atom. The molecule has 32 heavy (non-hydrogen) atoms. The van der Waals surface area contributed by atoms with Crippen LogP contribution in [0.25, 0.3) is 6.08 Å². The van der Waals surface area contributed by atoms with Crippen molar-refractivity contribution in [1.29, 1.82) is 5.26 Å². The molecule has 0 aliphatic carbocycles. The molecule has 1 N–H and O–H groups in total. The van der Waals surface area contributed by atoms with Gasteiger partial charge in [0.05, 0.1) is 12.0 Å². The van der Waals surface area contributed by atoms with E-state index >= 15 is 0 Å². The number of hydrogen-bond acceptors (Lipinski definition) is 8. The first kappa shape index (κ1) is 23.9. The summed E-state index contributed by atoms with van der Waals surface area (Å²) in [6.45, 7) is 1.93. The largest absolute Gasteiger partial charge is 0.493 e. The Kier molecular flexibility index (Phi) is 8.74. The van der Waals surface area contributed by atoms with Crippen molar-refractivity contribution in [2.75, 3.05) is 20.3 Å². The van der Waals surface area contributed by atoms with Crippen LogP contribution in [-0.2, 0) is 9.59 Å². The van der Waals surface area contributed by atoms with Gasteiger partial charge in [0.25, 0.3) is 11.6 Å². The topological polar surface area (TPSA) is 141 Å². The molecule has 10 heteroatoms. The van der Waals surface area contributed by atoms with E-state index in [2.05, 4.69) is 5.32 Å². The molecule has 166 valence electrons. The summed E-state index contributed by atoms with van der Waals surface area (Å²) in [7, 11) is 1.38. The summed E-state index contributed by atoms with van der Waals surface area (Å²) in [6, 6.07) is 11.7. The second-order valence-electron chi connectivity index (χ2n) is 6.35. The summed E-state index contributed by atoms with van der Waals surface area (Å²) in [4.78, 5) is 34.2. The van der Waals surface area contributed by atoms with Crippen molar-refractivity contribution in [2.45, 2.75) is 13.3 Å². The molecule has 0 unspecified atom stereocenters. The van der Waals surface area contributed by atoms with Crippen LogP contribution in [0.1, 0.15) is 18.9 Å². The summed E-state index contributed by atoms with van der Waals surface area (Å²) >= 11 is 0. The zero-order valence-corrected chi connectivity index (χ0v) is 17.5. The van der Waals surface area contributed by atoms with Crippen LogP contribution in [0.3, 0.4) is 0 Å². The van der Waals surface area contributed by atoms with E-state index in [0.717, 1.165) is 6.42 Å². The number of amides is 1. The van der Waals surface area contributed by atoms with E-state index in [-0.39, 0.29) is 28.5 Å². The van der Waals surface area contributed by atoms with Gasteiger partial charge in [-0.2, -0.15) is 5.26 Å². The highest BCUT2D eigenvalue weighted by molar-refractivity contribution is 6.01. The fourth-order valence-corrected chi connectivity index (χ4v) is 2.47. The minimum Gasteiger partial charge on any atom is -0.493 e. The highest BCUT2D eigenvalue weighted by Crippen LogP contribution is 2.29. The molecule has 0 fully saturated rings. The van der Waals surface area contributed by atoms with Crippen molar-refractivity contribution in [3.05, 3.63) is 63.7 Å². The Labute approximate surface area is 184 Å². The first-order valence-electron chi connectivity index (χ1n) is 9.53. The van der Waals surface area contributed by atoms with Gasteiger partial charge in [-0.25, -0.2) is 4.79 Å². The number of nitriles is 1. The van der Waals surface area contributed by atoms with Gasteiger partial charge in [-0.05, 0) is 42.3 Å². The SMILES string of the molecule is CCCNC(=O)/C(C#N)=C/c1ccc(OC(=O)COc2ccc([N+](=O)[O-])cc2)c(OC)c1. The second-order valence-corrected chi connectivity index (χ2v) is 6.35. The highest BCUT2D eigenvalue weighted by atomic mass is 16.6. The van der Waals surface area contributed by atoms with Crippen molar-refractivity contribution < 1.29 is 28.7 Å². The Morgan fingerprint density at radius 2 is 1.91 bits per heavy atom. The van der Waals surface area contributed by atoms with E-state index in [0.29, 0.717) is 12.1 Å². The van der Waals surface area contributed by atoms with Crippen LogP contribution in [0.15, 0.2) is 48.0 Å². The molecule has 0 aromatic heterocycles. The normalized spacial score (nSPS) is 10.6. The number of nitrogens with zero attached hydrogens (tertiary/aromatic N) is 2. The minimum atomic E-state index is -0.721. The van der Waals surface area contributed by atoms with Gasteiger partial charge in [-0.15, -0.1) is 0 Å². The van der Waals surface area contributed by atoms with Gasteiger partial charge in [-0.3, -0.25) is 14.9 Å². The van der Waals surface area contributed by atoms with E-state index in [1.807, 2.05) is 13.0 Å². The molecule has 0 heterocycles. The van der Waals surface area contributed by atoms with Gasteiger partial charge in [0, 0.05) is 18.7 Å². The fourth-order valence-electron chi connectivity index (χ4n) is 2.47. The molecule has 0 aliphatic heterocycles. The molecule has 0 atom stereocenters. The van der Waals surface area contributed by atoms with Crippen LogP contribution < -0.4 is 19.5 Å². The van der Waals surface area contributed by atoms with Gasteiger partial charge in [0.15, 0.2) is 18.1 Å². The van der Waals surface area contributed by atoms with Gasteiger partial charge in [0.1, 0.15) is 17.4 Å². The van der Waals surface area contributed by atoms with E-state index in [1.54, 1.807) is 6.07 Å². The number of carbonyl (C=O) groups excluding carboxylic acids is 2. The molecule has 0 radical (unpaired) electrons. The lowest BCUT2D eigenvalue weighted by Crippen LogP contribution is -2.25. The predicted octanol–water partition coefficient (Wildman–Crippen LogP) is 3.02. The average molecular weight is 439 g/mol. The van der Waals surface area contributed by atoms with E-state index in [4.69, 9.17) is 14.2 Å². The molecule has 2 rings (SSSR count). The molecular formula is C22H21N3O7. The first-order chi connectivity index (χ1) is 15.4. The van der Waals surface area contributed by atoms with Crippen molar-refractivity contribution in [2.24, 2.45) is 0 Å². The number of nitrogens with one attached hydrogen (secondary N) is 1. The third-order valence-corrected chi connectivity index (χ3v) is 4.03. The summed E-state index contributed by atoms with van der Waals surface area (Å²) < 4.78 is 15.7. The Morgan fingerprint density at radius 1 is 1.19 bits per heavy atom. The number of esters is 1. The van der Waals surface area contributed by atoms with Crippen LogP contribution in [-0.4, -0.2) is 37.1 Å². The van der Waals surface area contributed by atoms with Gasteiger partial charge >= 0.3 is 5.97 Å². The number of methoxy groups -OCH3 is 1. The molecule has 0 saturated heterocycles. The van der Waals surface area contributed by atoms with Crippen molar-refractivity contribution >= 4 is 23.6 Å². The van der Waals surface area contributed by atoms with E-state index in [1.165, 1.54) is 49.6 Å².